The van der Waals surface area contributed by atoms with E-state index in [1.165, 1.54) is 6.07 Å². The second-order valence-electron chi connectivity index (χ2n) is 5.14. The fourth-order valence-electron chi connectivity index (χ4n) is 2.15. The first kappa shape index (κ1) is 17.2. The third-order valence-electron chi connectivity index (χ3n) is 3.47. The monoisotopic (exact) mass is 326 g/mol. The molecule has 0 bridgehead atoms. The van der Waals surface area contributed by atoms with Gasteiger partial charge in [-0.3, -0.25) is 9.59 Å². The Hall–Kier alpha value is -3.15. The number of hydrogen-bond acceptors (Lipinski definition) is 3. The molecule has 0 heterocycles. The summed E-state index contributed by atoms with van der Waals surface area (Å²) in [5, 5.41) is 14.2. The second kappa shape index (κ2) is 7.92. The Morgan fingerprint density at radius 3 is 2.21 bits per heavy atom. The van der Waals surface area contributed by atoms with Crippen LogP contribution < -0.4 is 10.6 Å². The molecule has 6 heteroatoms. The molecule has 0 saturated carbocycles. The Morgan fingerprint density at radius 2 is 1.58 bits per heavy atom. The highest BCUT2D eigenvalue weighted by Crippen LogP contribution is 2.16. The molecule has 2 amide bonds. The largest absolute Gasteiger partial charge is 0.480 e. The number of carbonyl (C=O) groups excluding carboxylic acids is 2. The molecule has 2 aromatic carbocycles. The smallest absolute Gasteiger partial charge is 0.326 e. The van der Waals surface area contributed by atoms with E-state index in [1.54, 1.807) is 55.5 Å². The molecule has 0 saturated heterocycles. The van der Waals surface area contributed by atoms with Crippen LogP contribution in [0.25, 0.3) is 0 Å². The average Bonchev–Trinajstić information content (AvgIpc) is 2.60. The molecule has 6 nitrogen and oxygen atoms in total. The minimum atomic E-state index is -1.10. The fraction of sp³-hybridized carbons (Fsp3) is 0.167. The summed E-state index contributed by atoms with van der Waals surface area (Å²) in [4.78, 5) is 35.6. The number of rotatable bonds is 6. The zero-order valence-corrected chi connectivity index (χ0v) is 13.2. The first-order valence-electron chi connectivity index (χ1n) is 7.52. The van der Waals surface area contributed by atoms with Crippen LogP contribution >= 0.6 is 0 Å². The number of carbonyl (C=O) groups is 3. The molecule has 0 fully saturated rings. The van der Waals surface area contributed by atoms with Crippen LogP contribution in [0.15, 0.2) is 54.6 Å². The van der Waals surface area contributed by atoms with Crippen molar-refractivity contribution in [2.75, 3.05) is 5.32 Å². The van der Waals surface area contributed by atoms with Crippen molar-refractivity contribution in [2.24, 2.45) is 0 Å². The van der Waals surface area contributed by atoms with E-state index >= 15 is 0 Å². The van der Waals surface area contributed by atoms with Crippen LogP contribution in [0.5, 0.6) is 0 Å². The maximum atomic E-state index is 12.3. The highest BCUT2D eigenvalue weighted by Gasteiger charge is 2.20. The zero-order chi connectivity index (χ0) is 17.5. The van der Waals surface area contributed by atoms with Gasteiger partial charge in [0.2, 0.25) is 0 Å². The standard InChI is InChI=1S/C18H18N2O4/c1-2-14(18(23)24)19-17(22)13-10-6-7-11-15(13)20-16(21)12-8-4-3-5-9-12/h3-11,14H,2H2,1H3,(H,19,22)(H,20,21)(H,23,24)/t14-/m0/s1. The first-order chi connectivity index (χ1) is 11.5. The van der Waals surface area contributed by atoms with E-state index in [0.29, 0.717) is 11.3 Å². The van der Waals surface area contributed by atoms with Crippen LogP contribution in [0, 0.1) is 0 Å². The third kappa shape index (κ3) is 4.19. The highest BCUT2D eigenvalue weighted by molar-refractivity contribution is 6.09. The van der Waals surface area contributed by atoms with Crippen molar-refractivity contribution >= 4 is 23.5 Å². The van der Waals surface area contributed by atoms with Crippen LogP contribution in [0.3, 0.4) is 0 Å². The predicted octanol–water partition coefficient (Wildman–Crippen LogP) is 2.53. The minimum absolute atomic E-state index is 0.210. The number of benzene rings is 2. The Bertz CT molecular complexity index is 744. The van der Waals surface area contributed by atoms with Crippen molar-refractivity contribution in [2.45, 2.75) is 19.4 Å². The van der Waals surface area contributed by atoms with Crippen molar-refractivity contribution in [3.63, 3.8) is 0 Å². The lowest BCUT2D eigenvalue weighted by Crippen LogP contribution is -2.40. The SMILES string of the molecule is CC[C@H](NC(=O)c1ccccc1NC(=O)c1ccccc1)C(=O)O. The van der Waals surface area contributed by atoms with Gasteiger partial charge < -0.3 is 15.7 Å². The van der Waals surface area contributed by atoms with E-state index in [9.17, 15) is 14.4 Å². The lowest BCUT2D eigenvalue weighted by molar-refractivity contribution is -0.139. The molecule has 0 aliphatic heterocycles. The summed E-state index contributed by atoms with van der Waals surface area (Å²) in [7, 11) is 0. The van der Waals surface area contributed by atoms with E-state index in [1.807, 2.05) is 0 Å². The quantitative estimate of drug-likeness (QED) is 0.760. The van der Waals surface area contributed by atoms with Gasteiger partial charge in [0.1, 0.15) is 6.04 Å². The number of hydrogen-bond donors (Lipinski definition) is 3. The average molecular weight is 326 g/mol. The second-order valence-corrected chi connectivity index (χ2v) is 5.14. The number of aliphatic carboxylic acids is 1. The molecule has 0 aliphatic rings. The molecular weight excluding hydrogens is 308 g/mol. The molecule has 3 N–H and O–H groups in total. The summed E-state index contributed by atoms with van der Waals surface area (Å²) >= 11 is 0. The normalized spacial score (nSPS) is 11.4. The lowest BCUT2D eigenvalue weighted by atomic mass is 10.1. The molecule has 0 radical (unpaired) electrons. The van der Waals surface area contributed by atoms with Crippen molar-refractivity contribution in [1.29, 1.82) is 0 Å². The number of para-hydroxylation sites is 1. The molecule has 2 aromatic rings. The van der Waals surface area contributed by atoms with E-state index in [-0.39, 0.29) is 17.9 Å². The summed E-state index contributed by atoms with van der Waals surface area (Å²) in [6, 6.07) is 14.1. The molecule has 124 valence electrons. The van der Waals surface area contributed by atoms with Crippen LogP contribution in [-0.4, -0.2) is 28.9 Å². The van der Waals surface area contributed by atoms with Gasteiger partial charge in [-0.15, -0.1) is 0 Å². The van der Waals surface area contributed by atoms with Gasteiger partial charge in [-0.25, -0.2) is 4.79 Å². The van der Waals surface area contributed by atoms with Gasteiger partial charge in [0.25, 0.3) is 11.8 Å². The van der Waals surface area contributed by atoms with Gasteiger partial charge >= 0.3 is 5.97 Å². The molecule has 0 spiro atoms. The number of carboxylic acids is 1. The molecular formula is C18H18N2O4. The van der Waals surface area contributed by atoms with Gasteiger partial charge in [-0.05, 0) is 30.7 Å². The number of anilines is 1. The first-order valence-corrected chi connectivity index (χ1v) is 7.52. The van der Waals surface area contributed by atoms with Crippen LogP contribution in [0.1, 0.15) is 34.1 Å². The predicted molar refractivity (Wildman–Crippen MR) is 90.0 cm³/mol. The van der Waals surface area contributed by atoms with Crippen LogP contribution in [-0.2, 0) is 4.79 Å². The van der Waals surface area contributed by atoms with Crippen LogP contribution in [0.4, 0.5) is 5.69 Å². The van der Waals surface area contributed by atoms with E-state index in [2.05, 4.69) is 10.6 Å². The molecule has 2 rings (SSSR count). The van der Waals surface area contributed by atoms with E-state index in [0.717, 1.165) is 0 Å². The Labute approximate surface area is 139 Å². The van der Waals surface area contributed by atoms with Gasteiger partial charge in [-0.1, -0.05) is 37.3 Å². The number of nitrogens with one attached hydrogen (secondary N) is 2. The number of carboxylic acid groups (broad SMARTS) is 1. The molecule has 0 aromatic heterocycles. The molecule has 0 aliphatic carbocycles. The van der Waals surface area contributed by atoms with Gasteiger partial charge in [0.15, 0.2) is 0 Å². The molecule has 24 heavy (non-hydrogen) atoms. The minimum Gasteiger partial charge on any atom is -0.480 e. The zero-order valence-electron chi connectivity index (χ0n) is 13.2. The Balaban J connectivity index is 2.19. The third-order valence-corrected chi connectivity index (χ3v) is 3.47. The summed E-state index contributed by atoms with van der Waals surface area (Å²) < 4.78 is 0. The topological polar surface area (TPSA) is 95.5 Å². The summed E-state index contributed by atoms with van der Waals surface area (Å²) in [6.45, 7) is 1.67. The van der Waals surface area contributed by atoms with E-state index < -0.39 is 17.9 Å². The van der Waals surface area contributed by atoms with Gasteiger partial charge in [-0.2, -0.15) is 0 Å². The maximum absolute atomic E-state index is 12.3. The molecule has 1 atom stereocenters. The van der Waals surface area contributed by atoms with Gasteiger partial charge in [0, 0.05) is 5.56 Å². The fourth-order valence-corrected chi connectivity index (χ4v) is 2.15. The summed E-state index contributed by atoms with van der Waals surface area (Å²) in [5.41, 5.74) is 0.996. The van der Waals surface area contributed by atoms with Crippen molar-refractivity contribution in [3.8, 4) is 0 Å². The summed E-state index contributed by atoms with van der Waals surface area (Å²) in [6.07, 6.45) is 0.264. The summed E-state index contributed by atoms with van der Waals surface area (Å²) in [5.74, 6) is -1.99. The maximum Gasteiger partial charge on any atom is 0.326 e. The number of amides is 2. The Morgan fingerprint density at radius 1 is 0.958 bits per heavy atom. The Kier molecular flexibility index (Phi) is 5.68. The lowest BCUT2D eigenvalue weighted by Gasteiger charge is -2.15. The van der Waals surface area contributed by atoms with Crippen molar-refractivity contribution < 1.29 is 19.5 Å². The van der Waals surface area contributed by atoms with Crippen molar-refractivity contribution in [1.82, 2.24) is 5.32 Å². The molecule has 0 unspecified atom stereocenters. The van der Waals surface area contributed by atoms with Crippen LogP contribution in [0.2, 0.25) is 0 Å². The highest BCUT2D eigenvalue weighted by atomic mass is 16.4. The van der Waals surface area contributed by atoms with Crippen molar-refractivity contribution in [3.05, 3.63) is 65.7 Å². The van der Waals surface area contributed by atoms with E-state index in [4.69, 9.17) is 5.11 Å². The van der Waals surface area contributed by atoms with Gasteiger partial charge in [0.05, 0.1) is 11.3 Å².